The van der Waals surface area contributed by atoms with Gasteiger partial charge in [0.15, 0.2) is 5.71 Å². The summed E-state index contributed by atoms with van der Waals surface area (Å²) < 4.78 is 67.1. The van der Waals surface area contributed by atoms with E-state index >= 15 is 0 Å². The van der Waals surface area contributed by atoms with Crippen LogP contribution in [0.3, 0.4) is 0 Å². The standard InChI is InChI=1S/C26H29N2O2.CH2Cl2.F6P/c1-6-28(7-2)20-14-12-18-16-19(25(29)30-23(18)17-20)13-15-24-26(3,4)21-10-8-9-11-22(21)27(24)5;2-1-3;1-7(2,3,4,5)6/h8-17H,6-7H2,1-5H3;1H2;/q+1;;-1. The molecule has 0 spiro atoms. The SMILES string of the molecule is CCN(CC)c1ccc2cc(/C=C/C3=[N+](C)c4ccccc4C3(C)C)c(=O)oc2c1.ClCCl.F[P-](F)(F)(F)(F)F. The van der Waals surface area contributed by atoms with Crippen molar-refractivity contribution in [2.45, 2.75) is 33.1 Å². The Morgan fingerprint density at radius 2 is 1.50 bits per heavy atom. The topological polar surface area (TPSA) is 36.5 Å². The van der Waals surface area contributed by atoms with Crippen LogP contribution >= 0.6 is 31.0 Å². The van der Waals surface area contributed by atoms with E-state index in [0.717, 1.165) is 29.9 Å². The Morgan fingerprint density at radius 3 is 2.02 bits per heavy atom. The molecule has 2 aromatic carbocycles. The van der Waals surface area contributed by atoms with Crippen molar-refractivity contribution in [1.82, 2.24) is 0 Å². The van der Waals surface area contributed by atoms with Crippen molar-refractivity contribution in [1.29, 1.82) is 0 Å². The Labute approximate surface area is 238 Å². The molecule has 0 saturated heterocycles. The predicted octanol–water partition coefficient (Wildman–Crippen LogP) is 10.2. The molecule has 1 aromatic heterocycles. The van der Waals surface area contributed by atoms with Crippen LogP contribution in [0.25, 0.3) is 17.0 Å². The molecule has 13 heteroatoms. The first kappa shape index (κ1) is 33.7. The number of hydrogen-bond acceptors (Lipinski definition) is 3. The number of alkyl halides is 2. The van der Waals surface area contributed by atoms with E-state index in [0.29, 0.717) is 11.1 Å². The van der Waals surface area contributed by atoms with Crippen LogP contribution in [-0.4, -0.2) is 35.8 Å². The number of nitrogens with zero attached hydrogens (tertiary/aromatic N) is 2. The van der Waals surface area contributed by atoms with Crippen molar-refractivity contribution in [2.24, 2.45) is 0 Å². The molecule has 4 rings (SSSR count). The molecular weight excluding hydrogens is 600 g/mol. The van der Waals surface area contributed by atoms with Crippen LogP contribution in [0.5, 0.6) is 0 Å². The summed E-state index contributed by atoms with van der Waals surface area (Å²) in [5.41, 5.74) is 5.47. The molecule has 0 radical (unpaired) electrons. The molecule has 0 unspecified atom stereocenters. The summed E-state index contributed by atoms with van der Waals surface area (Å²) in [6, 6.07) is 16.4. The van der Waals surface area contributed by atoms with Gasteiger partial charge in [0.05, 0.1) is 16.3 Å². The average Bonchev–Trinajstić information content (AvgIpc) is 3.02. The Morgan fingerprint density at radius 1 is 0.950 bits per heavy atom. The summed E-state index contributed by atoms with van der Waals surface area (Å²) >= 11 is 9.53. The summed E-state index contributed by atoms with van der Waals surface area (Å²) in [5.74, 6) is 0. The van der Waals surface area contributed by atoms with Crippen molar-refractivity contribution in [3.8, 4) is 0 Å². The zero-order chi connectivity index (χ0) is 30.6. The van der Waals surface area contributed by atoms with E-state index in [1.807, 2.05) is 30.4 Å². The second kappa shape index (κ2) is 11.7. The normalized spacial score (nSPS) is 15.9. The van der Waals surface area contributed by atoms with Crippen molar-refractivity contribution in [3.63, 3.8) is 0 Å². The number of anilines is 1. The van der Waals surface area contributed by atoms with Gasteiger partial charge < -0.3 is 9.32 Å². The third kappa shape index (κ3) is 9.53. The van der Waals surface area contributed by atoms with Crippen molar-refractivity contribution in [3.05, 3.63) is 76.2 Å². The Balaban J connectivity index is 0.000000483. The van der Waals surface area contributed by atoms with Crippen molar-refractivity contribution >= 4 is 65.1 Å². The number of fused-ring (bicyclic) bond motifs is 2. The van der Waals surface area contributed by atoms with Gasteiger partial charge in [0, 0.05) is 47.9 Å². The summed E-state index contributed by atoms with van der Waals surface area (Å²) in [5, 5.41) is 1.12. The third-order valence-electron chi connectivity index (χ3n) is 6.24. The van der Waals surface area contributed by atoms with E-state index in [2.05, 4.69) is 74.5 Å². The Bertz CT molecular complexity index is 1470. The first-order valence-electron chi connectivity index (χ1n) is 12.1. The minimum atomic E-state index is -10.7. The van der Waals surface area contributed by atoms with Gasteiger partial charge in [-0.25, -0.2) is 4.79 Å². The van der Waals surface area contributed by atoms with Crippen LogP contribution in [0.4, 0.5) is 36.6 Å². The number of halogens is 8. The zero-order valence-electron chi connectivity index (χ0n) is 22.6. The fraction of sp³-hybridized carbons (Fsp3) is 0.333. The van der Waals surface area contributed by atoms with Crippen LogP contribution in [0, 0.1) is 0 Å². The molecule has 0 amide bonds. The molecular formula is C27H31Cl2F6N2O2P. The number of benzene rings is 2. The maximum absolute atomic E-state index is 12.7. The first-order valence-corrected chi connectivity index (χ1v) is 15.2. The molecule has 0 fully saturated rings. The molecule has 222 valence electrons. The molecule has 0 atom stereocenters. The molecule has 0 N–H and O–H groups in total. The quantitative estimate of drug-likeness (QED) is 0.0925. The zero-order valence-corrected chi connectivity index (χ0v) is 25.0. The van der Waals surface area contributed by atoms with Crippen LogP contribution in [0.15, 0.2) is 63.8 Å². The van der Waals surface area contributed by atoms with Gasteiger partial charge in [-0.15, -0.1) is 23.2 Å². The molecule has 40 heavy (non-hydrogen) atoms. The van der Waals surface area contributed by atoms with E-state index in [1.165, 1.54) is 11.3 Å². The summed E-state index contributed by atoms with van der Waals surface area (Å²) in [7, 11) is -8.58. The minimum absolute atomic E-state index is 0.127. The first-order chi connectivity index (χ1) is 18.2. The van der Waals surface area contributed by atoms with Crippen molar-refractivity contribution < 1.29 is 34.2 Å². The van der Waals surface area contributed by atoms with Crippen LogP contribution in [-0.2, 0) is 5.41 Å². The molecule has 0 bridgehead atoms. The Hall–Kier alpha value is -2.55. The molecule has 4 nitrogen and oxygen atoms in total. The molecule has 3 aromatic rings. The van der Waals surface area contributed by atoms with Gasteiger partial charge in [0.25, 0.3) is 0 Å². The van der Waals surface area contributed by atoms with Crippen LogP contribution < -0.4 is 10.5 Å². The van der Waals surface area contributed by atoms with E-state index in [9.17, 15) is 30.0 Å². The third-order valence-corrected chi connectivity index (χ3v) is 6.24. The summed E-state index contributed by atoms with van der Waals surface area (Å²) in [6.07, 6.45) is 3.92. The number of rotatable bonds is 5. The number of hydrogen-bond donors (Lipinski definition) is 0. The van der Waals surface area contributed by atoms with Crippen LogP contribution in [0.2, 0.25) is 0 Å². The molecule has 1 aliphatic heterocycles. The molecule has 2 heterocycles. The second-order valence-electron chi connectivity index (χ2n) is 9.36. The molecule has 0 saturated carbocycles. The summed E-state index contributed by atoms with van der Waals surface area (Å²) in [4.78, 5) is 14.9. The van der Waals surface area contributed by atoms with E-state index in [-0.39, 0.29) is 16.4 Å². The van der Waals surface area contributed by atoms with E-state index in [4.69, 9.17) is 27.6 Å². The van der Waals surface area contributed by atoms with Gasteiger partial charge in [-0.3, -0.25) is 0 Å². The van der Waals surface area contributed by atoms with Gasteiger partial charge in [0.2, 0.25) is 5.69 Å². The van der Waals surface area contributed by atoms with Crippen molar-refractivity contribution in [2.75, 3.05) is 30.4 Å². The number of allylic oxidation sites excluding steroid dienone is 1. The monoisotopic (exact) mass is 630 g/mol. The van der Waals surface area contributed by atoms with Gasteiger partial charge >= 0.3 is 38.6 Å². The number of para-hydroxylation sites is 1. The van der Waals surface area contributed by atoms with Gasteiger partial charge in [-0.1, -0.05) is 18.2 Å². The average molecular weight is 631 g/mol. The molecule has 0 aliphatic carbocycles. The fourth-order valence-corrected chi connectivity index (χ4v) is 4.49. The fourth-order valence-electron chi connectivity index (χ4n) is 4.49. The maximum atomic E-state index is 12.7. The second-order valence-corrected chi connectivity index (χ2v) is 12.1. The van der Waals surface area contributed by atoms with Crippen LogP contribution in [0.1, 0.15) is 38.8 Å². The van der Waals surface area contributed by atoms with Gasteiger partial charge in [0.1, 0.15) is 12.6 Å². The van der Waals surface area contributed by atoms with Gasteiger partial charge in [-0.05, 0) is 52.0 Å². The predicted molar refractivity (Wildman–Crippen MR) is 156 cm³/mol. The van der Waals surface area contributed by atoms with E-state index < -0.39 is 7.81 Å². The molecule has 1 aliphatic rings. The summed E-state index contributed by atoms with van der Waals surface area (Å²) in [6.45, 7) is 10.5. The Kier molecular flexibility index (Phi) is 9.88. The van der Waals surface area contributed by atoms with E-state index in [1.54, 1.807) is 0 Å². The van der Waals surface area contributed by atoms with Gasteiger partial charge in [-0.2, -0.15) is 4.58 Å².